The first-order valence-corrected chi connectivity index (χ1v) is 11.7. The molecule has 2 aliphatic rings. The van der Waals surface area contributed by atoms with Crippen molar-refractivity contribution in [1.82, 2.24) is 9.62 Å². The Hall–Kier alpha value is -2.18. The fraction of sp³-hybridized carbons (Fsp3) is 0.409. The molecule has 1 aliphatic heterocycles. The maximum atomic E-state index is 13.0. The minimum atomic E-state index is -3.25. The van der Waals surface area contributed by atoms with Gasteiger partial charge in [-0.25, -0.2) is 13.1 Å². The molecule has 1 heterocycles. The lowest BCUT2D eigenvalue weighted by atomic mass is 10.00. The average Bonchev–Trinajstić information content (AvgIpc) is 3.48. The van der Waals surface area contributed by atoms with Crippen molar-refractivity contribution in [1.29, 1.82) is 0 Å². The van der Waals surface area contributed by atoms with Crippen LogP contribution in [0.15, 0.2) is 54.6 Å². The van der Waals surface area contributed by atoms with Crippen molar-refractivity contribution in [2.75, 3.05) is 19.3 Å². The van der Waals surface area contributed by atoms with Crippen LogP contribution in [0, 0.1) is 5.92 Å². The Morgan fingerprint density at radius 1 is 1.07 bits per heavy atom. The molecule has 1 saturated carbocycles. The molecule has 2 aromatic rings. The number of piperidine rings is 1. The monoisotopic (exact) mass is 398 g/mol. The fourth-order valence-corrected chi connectivity index (χ4v) is 5.02. The van der Waals surface area contributed by atoms with Crippen LogP contribution < -0.4 is 4.72 Å². The summed E-state index contributed by atoms with van der Waals surface area (Å²) >= 11 is 0. The molecule has 1 saturated heterocycles. The van der Waals surface area contributed by atoms with E-state index in [2.05, 4.69) is 41.1 Å². The van der Waals surface area contributed by atoms with Gasteiger partial charge in [-0.2, -0.15) is 0 Å². The molecule has 28 heavy (non-hydrogen) atoms. The van der Waals surface area contributed by atoms with Gasteiger partial charge in [0.15, 0.2) is 0 Å². The number of nitrogens with zero attached hydrogens (tertiary/aromatic N) is 1. The number of sulfonamides is 1. The molecule has 2 fully saturated rings. The van der Waals surface area contributed by atoms with Gasteiger partial charge in [0.2, 0.25) is 15.9 Å². The van der Waals surface area contributed by atoms with Crippen LogP contribution in [0.25, 0.3) is 11.1 Å². The number of amides is 1. The SMILES string of the molecule is CS(=O)(=O)NC1CCCN(C(=O)C2CC2c2cccc(-c3ccccc3)c2)C1. The van der Waals surface area contributed by atoms with Crippen molar-refractivity contribution < 1.29 is 13.2 Å². The largest absolute Gasteiger partial charge is 0.341 e. The highest BCUT2D eigenvalue weighted by molar-refractivity contribution is 7.88. The van der Waals surface area contributed by atoms with Gasteiger partial charge in [0.1, 0.15) is 0 Å². The topological polar surface area (TPSA) is 66.5 Å². The zero-order chi connectivity index (χ0) is 19.7. The highest BCUT2D eigenvalue weighted by atomic mass is 32.2. The number of likely N-dealkylation sites (tertiary alicyclic amines) is 1. The van der Waals surface area contributed by atoms with Crippen LogP contribution in [0.1, 0.15) is 30.7 Å². The summed E-state index contributed by atoms with van der Waals surface area (Å²) in [6.07, 6.45) is 3.66. The van der Waals surface area contributed by atoms with Crippen LogP contribution in [0.2, 0.25) is 0 Å². The minimum absolute atomic E-state index is 0.0167. The summed E-state index contributed by atoms with van der Waals surface area (Å²) in [7, 11) is -3.25. The third-order valence-corrected chi connectivity index (χ3v) is 6.40. The fourth-order valence-electron chi connectivity index (χ4n) is 4.23. The Labute approximate surface area is 166 Å². The van der Waals surface area contributed by atoms with E-state index in [4.69, 9.17) is 0 Å². The summed E-state index contributed by atoms with van der Waals surface area (Å²) in [6, 6.07) is 18.5. The van der Waals surface area contributed by atoms with Gasteiger partial charge in [-0.1, -0.05) is 54.6 Å². The van der Waals surface area contributed by atoms with Crippen LogP contribution in [-0.2, 0) is 14.8 Å². The zero-order valence-electron chi connectivity index (χ0n) is 16.0. The molecule has 0 bridgehead atoms. The van der Waals surface area contributed by atoms with Crippen molar-refractivity contribution in [2.45, 2.75) is 31.2 Å². The van der Waals surface area contributed by atoms with E-state index < -0.39 is 10.0 Å². The highest BCUT2D eigenvalue weighted by Crippen LogP contribution is 2.49. The van der Waals surface area contributed by atoms with E-state index in [0.717, 1.165) is 19.3 Å². The predicted octanol–water partition coefficient (Wildman–Crippen LogP) is 3.00. The molecule has 1 amide bonds. The second kappa shape index (κ2) is 7.68. The van der Waals surface area contributed by atoms with Crippen molar-refractivity contribution in [3.63, 3.8) is 0 Å². The molecular formula is C22H26N2O3S. The van der Waals surface area contributed by atoms with Crippen molar-refractivity contribution in [2.24, 2.45) is 5.92 Å². The Morgan fingerprint density at radius 2 is 1.82 bits per heavy atom. The van der Waals surface area contributed by atoms with Crippen LogP contribution in [0.4, 0.5) is 0 Å². The molecule has 6 heteroatoms. The van der Waals surface area contributed by atoms with Gasteiger partial charge in [-0.05, 0) is 41.9 Å². The van der Waals surface area contributed by atoms with Crippen molar-refractivity contribution in [3.05, 3.63) is 60.2 Å². The normalized spacial score (nSPS) is 24.8. The third-order valence-electron chi connectivity index (χ3n) is 5.64. The van der Waals surface area contributed by atoms with Gasteiger partial charge >= 0.3 is 0 Å². The molecule has 1 N–H and O–H groups in total. The summed E-state index contributed by atoms with van der Waals surface area (Å²) in [4.78, 5) is 14.8. The molecule has 5 nitrogen and oxygen atoms in total. The maximum Gasteiger partial charge on any atom is 0.226 e. The van der Waals surface area contributed by atoms with E-state index in [1.165, 1.54) is 22.9 Å². The van der Waals surface area contributed by atoms with Crippen molar-refractivity contribution in [3.8, 4) is 11.1 Å². The van der Waals surface area contributed by atoms with E-state index >= 15 is 0 Å². The first kappa shape index (κ1) is 19.2. The van der Waals surface area contributed by atoms with E-state index in [1.807, 2.05) is 23.1 Å². The van der Waals surface area contributed by atoms with E-state index in [9.17, 15) is 13.2 Å². The number of hydrogen-bond acceptors (Lipinski definition) is 3. The van der Waals surface area contributed by atoms with Crippen molar-refractivity contribution >= 4 is 15.9 Å². The van der Waals surface area contributed by atoms with Gasteiger partial charge in [0, 0.05) is 25.0 Å². The Morgan fingerprint density at radius 3 is 2.57 bits per heavy atom. The lowest BCUT2D eigenvalue weighted by Crippen LogP contribution is -2.49. The van der Waals surface area contributed by atoms with Crippen LogP contribution in [0.5, 0.6) is 0 Å². The number of rotatable bonds is 5. The number of benzene rings is 2. The lowest BCUT2D eigenvalue weighted by Gasteiger charge is -2.33. The molecule has 0 spiro atoms. The van der Waals surface area contributed by atoms with E-state index in [1.54, 1.807) is 0 Å². The minimum Gasteiger partial charge on any atom is -0.341 e. The number of carbonyl (C=O) groups is 1. The van der Waals surface area contributed by atoms with Gasteiger partial charge in [-0.15, -0.1) is 0 Å². The smallest absolute Gasteiger partial charge is 0.226 e. The molecule has 2 aromatic carbocycles. The standard InChI is InChI=1S/C22H26N2O3S/c1-28(26,27)23-19-11-6-12-24(15-19)22(25)21-14-20(21)18-10-5-9-17(13-18)16-7-3-2-4-8-16/h2-5,7-10,13,19-21,23H,6,11-12,14-15H2,1H3. The second-order valence-corrected chi connectivity index (χ2v) is 9.73. The Kier molecular flexibility index (Phi) is 5.25. The third kappa shape index (κ3) is 4.45. The molecule has 3 unspecified atom stereocenters. The second-order valence-electron chi connectivity index (χ2n) is 7.95. The van der Waals surface area contributed by atoms with Gasteiger partial charge in [0.05, 0.1) is 6.26 Å². The Bertz CT molecular complexity index is 959. The number of carbonyl (C=O) groups excluding carboxylic acids is 1. The molecule has 0 radical (unpaired) electrons. The van der Waals surface area contributed by atoms with Gasteiger partial charge in [-0.3, -0.25) is 4.79 Å². The number of hydrogen-bond donors (Lipinski definition) is 1. The maximum absolute atomic E-state index is 13.0. The number of nitrogens with one attached hydrogen (secondary N) is 1. The summed E-state index contributed by atoms with van der Waals surface area (Å²) in [5.74, 6) is 0.442. The first-order valence-electron chi connectivity index (χ1n) is 9.82. The molecule has 3 atom stereocenters. The van der Waals surface area contributed by atoms with Crippen LogP contribution in [0.3, 0.4) is 0 Å². The summed E-state index contributed by atoms with van der Waals surface area (Å²) < 4.78 is 25.6. The van der Waals surface area contributed by atoms with Gasteiger partial charge < -0.3 is 4.90 Å². The molecule has 4 rings (SSSR count). The Balaban J connectivity index is 1.42. The summed E-state index contributed by atoms with van der Waals surface area (Å²) in [5.41, 5.74) is 3.56. The first-order chi connectivity index (χ1) is 13.4. The molecule has 148 valence electrons. The summed E-state index contributed by atoms with van der Waals surface area (Å²) in [6.45, 7) is 1.19. The molecule has 0 aromatic heterocycles. The summed E-state index contributed by atoms with van der Waals surface area (Å²) in [5, 5.41) is 0. The quantitative estimate of drug-likeness (QED) is 0.842. The van der Waals surface area contributed by atoms with Gasteiger partial charge in [0.25, 0.3) is 0 Å². The highest BCUT2D eigenvalue weighted by Gasteiger charge is 2.46. The predicted molar refractivity (Wildman–Crippen MR) is 110 cm³/mol. The zero-order valence-corrected chi connectivity index (χ0v) is 16.9. The molecule has 1 aliphatic carbocycles. The van der Waals surface area contributed by atoms with E-state index in [-0.39, 0.29) is 23.8 Å². The van der Waals surface area contributed by atoms with Crippen LogP contribution in [-0.4, -0.2) is 44.6 Å². The molecular weight excluding hydrogens is 372 g/mol. The average molecular weight is 399 g/mol. The lowest BCUT2D eigenvalue weighted by molar-refractivity contribution is -0.133. The van der Waals surface area contributed by atoms with E-state index in [0.29, 0.717) is 13.1 Å². The van der Waals surface area contributed by atoms with Crippen LogP contribution >= 0.6 is 0 Å².